The van der Waals surface area contributed by atoms with Gasteiger partial charge in [0.25, 0.3) is 0 Å². The van der Waals surface area contributed by atoms with Gasteiger partial charge in [-0.3, -0.25) is 5.32 Å². The van der Waals surface area contributed by atoms with Gasteiger partial charge in [0.1, 0.15) is 17.7 Å². The summed E-state index contributed by atoms with van der Waals surface area (Å²) in [4.78, 5) is 14.4. The molecule has 0 spiro atoms. The van der Waals surface area contributed by atoms with Crippen molar-refractivity contribution >= 4 is 11.8 Å². The zero-order chi connectivity index (χ0) is 17.9. The number of urea groups is 1. The molecular formula is C19H26N4O2. The summed E-state index contributed by atoms with van der Waals surface area (Å²) >= 11 is 0. The number of amides is 2. The van der Waals surface area contributed by atoms with E-state index >= 15 is 0 Å². The summed E-state index contributed by atoms with van der Waals surface area (Å²) in [5.74, 6) is 1.61. The van der Waals surface area contributed by atoms with E-state index in [-0.39, 0.29) is 17.7 Å². The molecule has 0 saturated carbocycles. The predicted molar refractivity (Wildman–Crippen MR) is 97.9 cm³/mol. The van der Waals surface area contributed by atoms with Crippen molar-refractivity contribution in [1.29, 1.82) is 0 Å². The van der Waals surface area contributed by atoms with Crippen LogP contribution in [0.2, 0.25) is 0 Å². The lowest BCUT2D eigenvalue weighted by molar-refractivity contribution is 0.115. The van der Waals surface area contributed by atoms with Crippen LogP contribution in [0.25, 0.3) is 0 Å². The van der Waals surface area contributed by atoms with E-state index in [9.17, 15) is 4.79 Å². The van der Waals surface area contributed by atoms with Gasteiger partial charge in [-0.05, 0) is 32.9 Å². The number of para-hydroxylation sites is 1. The van der Waals surface area contributed by atoms with Crippen LogP contribution in [-0.4, -0.2) is 39.9 Å². The normalized spacial score (nSPS) is 15.9. The third kappa shape index (κ3) is 4.32. The maximum Gasteiger partial charge on any atom is 0.323 e. The van der Waals surface area contributed by atoms with Gasteiger partial charge < -0.3 is 9.64 Å². The van der Waals surface area contributed by atoms with E-state index in [4.69, 9.17) is 4.74 Å². The fourth-order valence-corrected chi connectivity index (χ4v) is 2.99. The lowest BCUT2D eigenvalue weighted by Crippen LogP contribution is -2.44. The van der Waals surface area contributed by atoms with Gasteiger partial charge >= 0.3 is 6.03 Å². The minimum absolute atomic E-state index is 0.0795. The molecule has 25 heavy (non-hydrogen) atoms. The van der Waals surface area contributed by atoms with Crippen LogP contribution in [0.15, 0.2) is 42.6 Å². The maximum atomic E-state index is 12.5. The summed E-state index contributed by atoms with van der Waals surface area (Å²) < 4.78 is 7.81. The number of hydrogen-bond acceptors (Lipinski definition) is 3. The van der Waals surface area contributed by atoms with Crippen LogP contribution in [0.5, 0.6) is 5.75 Å². The van der Waals surface area contributed by atoms with Crippen LogP contribution in [0.3, 0.4) is 0 Å². The van der Waals surface area contributed by atoms with Crippen molar-refractivity contribution in [3.05, 3.63) is 42.6 Å². The number of piperidine rings is 1. The fraction of sp³-hybridized carbons (Fsp3) is 0.474. The second kappa shape index (κ2) is 7.17. The van der Waals surface area contributed by atoms with Gasteiger partial charge in [-0.1, -0.05) is 18.2 Å². The monoisotopic (exact) mass is 342 g/mol. The molecule has 1 aromatic heterocycles. The number of ether oxygens (including phenoxy) is 1. The zero-order valence-electron chi connectivity index (χ0n) is 15.1. The summed E-state index contributed by atoms with van der Waals surface area (Å²) in [6.45, 7) is 7.55. The van der Waals surface area contributed by atoms with E-state index in [1.165, 1.54) is 0 Å². The van der Waals surface area contributed by atoms with Crippen molar-refractivity contribution in [2.75, 3.05) is 18.4 Å². The summed E-state index contributed by atoms with van der Waals surface area (Å²) in [5.41, 5.74) is -0.178. The Bertz CT molecular complexity index is 698. The Morgan fingerprint density at radius 1 is 1.16 bits per heavy atom. The molecule has 1 saturated heterocycles. The van der Waals surface area contributed by atoms with E-state index in [1.54, 1.807) is 6.20 Å². The Morgan fingerprint density at radius 3 is 2.48 bits per heavy atom. The Hall–Kier alpha value is -2.50. The second-order valence-electron chi connectivity index (χ2n) is 7.35. The molecule has 3 rings (SSSR count). The van der Waals surface area contributed by atoms with Gasteiger partial charge in [0, 0.05) is 32.0 Å². The lowest BCUT2D eigenvalue weighted by atomic mass is 10.1. The van der Waals surface area contributed by atoms with Crippen molar-refractivity contribution in [3.8, 4) is 5.75 Å². The standard InChI is InChI=1S/C19H26N4O2/c1-19(2,3)23-17(9-12-20-23)21-18(24)22-13-10-16(11-14-22)25-15-7-5-4-6-8-15/h4-9,12,16H,10-11,13-14H2,1-3H3,(H,21,24). The first-order valence-electron chi connectivity index (χ1n) is 8.75. The molecule has 2 heterocycles. The fourth-order valence-electron chi connectivity index (χ4n) is 2.99. The molecule has 1 aromatic carbocycles. The van der Waals surface area contributed by atoms with Gasteiger partial charge in [-0.2, -0.15) is 5.10 Å². The third-order valence-electron chi connectivity index (χ3n) is 4.29. The molecule has 2 amide bonds. The molecule has 1 fully saturated rings. The minimum atomic E-state index is -0.178. The summed E-state index contributed by atoms with van der Waals surface area (Å²) in [5, 5.41) is 7.29. The van der Waals surface area contributed by atoms with Gasteiger partial charge in [-0.15, -0.1) is 0 Å². The first-order valence-corrected chi connectivity index (χ1v) is 8.75. The molecule has 6 nitrogen and oxygen atoms in total. The van der Waals surface area contributed by atoms with Crippen LogP contribution >= 0.6 is 0 Å². The highest BCUT2D eigenvalue weighted by molar-refractivity contribution is 5.88. The van der Waals surface area contributed by atoms with Crippen LogP contribution < -0.4 is 10.1 Å². The number of carbonyl (C=O) groups excluding carboxylic acids is 1. The highest BCUT2D eigenvalue weighted by atomic mass is 16.5. The largest absolute Gasteiger partial charge is 0.490 e. The van der Waals surface area contributed by atoms with Crippen molar-refractivity contribution in [2.45, 2.75) is 45.3 Å². The Kier molecular flexibility index (Phi) is 4.97. The Morgan fingerprint density at radius 2 is 1.84 bits per heavy atom. The number of benzene rings is 1. The molecule has 0 atom stereocenters. The molecule has 2 aromatic rings. The topological polar surface area (TPSA) is 59.4 Å². The van der Waals surface area contributed by atoms with E-state index in [0.717, 1.165) is 24.4 Å². The predicted octanol–water partition coefficient (Wildman–Crippen LogP) is 3.71. The number of aromatic nitrogens is 2. The summed E-state index contributed by atoms with van der Waals surface area (Å²) in [6.07, 6.45) is 3.54. The molecule has 0 unspecified atom stereocenters. The van der Waals surface area contributed by atoms with Crippen molar-refractivity contribution in [3.63, 3.8) is 0 Å². The number of nitrogens with one attached hydrogen (secondary N) is 1. The number of carbonyl (C=O) groups is 1. The highest BCUT2D eigenvalue weighted by Crippen LogP contribution is 2.21. The zero-order valence-corrected chi connectivity index (χ0v) is 15.1. The number of likely N-dealkylation sites (tertiary alicyclic amines) is 1. The van der Waals surface area contributed by atoms with Gasteiger partial charge in [0.05, 0.1) is 11.7 Å². The first-order chi connectivity index (χ1) is 11.9. The maximum absolute atomic E-state index is 12.5. The van der Waals surface area contributed by atoms with E-state index in [2.05, 4.69) is 31.2 Å². The first kappa shape index (κ1) is 17.3. The smallest absolute Gasteiger partial charge is 0.323 e. The average Bonchev–Trinajstić information content (AvgIpc) is 3.05. The van der Waals surface area contributed by atoms with E-state index in [1.807, 2.05) is 46.0 Å². The van der Waals surface area contributed by atoms with Crippen molar-refractivity contribution in [2.24, 2.45) is 0 Å². The number of rotatable bonds is 3. The third-order valence-corrected chi connectivity index (χ3v) is 4.29. The Labute approximate surface area is 148 Å². The minimum Gasteiger partial charge on any atom is -0.490 e. The Balaban J connectivity index is 1.53. The van der Waals surface area contributed by atoms with Crippen LogP contribution in [0.4, 0.5) is 10.6 Å². The van der Waals surface area contributed by atoms with E-state index in [0.29, 0.717) is 13.1 Å². The van der Waals surface area contributed by atoms with Crippen LogP contribution in [0.1, 0.15) is 33.6 Å². The number of anilines is 1. The number of nitrogens with zero attached hydrogens (tertiary/aromatic N) is 3. The highest BCUT2D eigenvalue weighted by Gasteiger charge is 2.25. The van der Waals surface area contributed by atoms with Crippen molar-refractivity contribution < 1.29 is 9.53 Å². The van der Waals surface area contributed by atoms with Gasteiger partial charge in [0.15, 0.2) is 0 Å². The molecule has 1 aliphatic heterocycles. The lowest BCUT2D eigenvalue weighted by Gasteiger charge is -2.32. The average molecular weight is 342 g/mol. The van der Waals surface area contributed by atoms with E-state index < -0.39 is 0 Å². The SMILES string of the molecule is CC(C)(C)n1nccc1NC(=O)N1CCC(Oc2ccccc2)CC1. The molecule has 0 bridgehead atoms. The second-order valence-corrected chi connectivity index (χ2v) is 7.35. The van der Waals surface area contributed by atoms with Crippen molar-refractivity contribution in [1.82, 2.24) is 14.7 Å². The molecular weight excluding hydrogens is 316 g/mol. The summed E-state index contributed by atoms with van der Waals surface area (Å²) in [7, 11) is 0. The molecule has 0 aliphatic carbocycles. The molecule has 1 aliphatic rings. The summed E-state index contributed by atoms with van der Waals surface area (Å²) in [6, 6.07) is 11.6. The quantitative estimate of drug-likeness (QED) is 0.925. The number of hydrogen-bond donors (Lipinski definition) is 1. The molecule has 6 heteroatoms. The molecule has 1 N–H and O–H groups in total. The molecule has 134 valence electrons. The van der Waals surface area contributed by atoms with Crippen LogP contribution in [0, 0.1) is 0 Å². The van der Waals surface area contributed by atoms with Gasteiger partial charge in [-0.25, -0.2) is 9.48 Å². The van der Waals surface area contributed by atoms with Crippen LogP contribution in [-0.2, 0) is 5.54 Å². The van der Waals surface area contributed by atoms with Gasteiger partial charge in [0.2, 0.25) is 0 Å². The molecule has 0 radical (unpaired) electrons.